The Labute approximate surface area is 98.9 Å². The molecule has 0 saturated heterocycles. The molecule has 0 saturated carbocycles. The Hall–Kier alpha value is -0.630. The highest BCUT2D eigenvalue weighted by Crippen LogP contribution is 2.12. The minimum Gasteiger partial charge on any atom is -0.381 e. The van der Waals surface area contributed by atoms with Crippen molar-refractivity contribution in [3.8, 4) is 6.07 Å². The summed E-state index contributed by atoms with van der Waals surface area (Å²) in [5, 5.41) is 11.9. The topological polar surface area (TPSA) is 54.3 Å². The van der Waals surface area contributed by atoms with Crippen molar-refractivity contribution >= 4 is 0 Å². The molecule has 0 aliphatic carbocycles. The van der Waals surface area contributed by atoms with E-state index in [1.807, 2.05) is 20.8 Å². The van der Waals surface area contributed by atoms with Crippen LogP contribution < -0.4 is 5.32 Å². The standard InChI is InChI=1S/C12H24N2O2/c1-5-14-11(10-13)6-8-16-9-7-12(2,3)15-4/h11,14H,5-9H2,1-4H3. The summed E-state index contributed by atoms with van der Waals surface area (Å²) in [4.78, 5) is 0. The van der Waals surface area contributed by atoms with E-state index in [4.69, 9.17) is 14.7 Å². The lowest BCUT2D eigenvalue weighted by molar-refractivity contribution is -0.0103. The van der Waals surface area contributed by atoms with Crippen molar-refractivity contribution in [2.75, 3.05) is 26.9 Å². The first-order chi connectivity index (χ1) is 7.55. The van der Waals surface area contributed by atoms with E-state index in [0.717, 1.165) is 19.4 Å². The molecule has 0 aliphatic heterocycles. The van der Waals surface area contributed by atoms with Gasteiger partial charge in [0.1, 0.15) is 0 Å². The van der Waals surface area contributed by atoms with E-state index in [9.17, 15) is 0 Å². The van der Waals surface area contributed by atoms with Gasteiger partial charge in [-0.05, 0) is 33.2 Å². The molecule has 0 amide bonds. The van der Waals surface area contributed by atoms with Crippen molar-refractivity contribution < 1.29 is 9.47 Å². The second-order valence-corrected chi connectivity index (χ2v) is 4.35. The summed E-state index contributed by atoms with van der Waals surface area (Å²) in [6.07, 6.45) is 1.60. The van der Waals surface area contributed by atoms with E-state index >= 15 is 0 Å². The van der Waals surface area contributed by atoms with Crippen LogP contribution in [0.3, 0.4) is 0 Å². The molecule has 0 rings (SSSR count). The molecule has 1 unspecified atom stereocenters. The first-order valence-corrected chi connectivity index (χ1v) is 5.81. The summed E-state index contributed by atoms with van der Waals surface area (Å²) in [6.45, 7) is 8.16. The zero-order chi connectivity index (χ0) is 12.4. The summed E-state index contributed by atoms with van der Waals surface area (Å²) in [6, 6.07) is 2.11. The number of ether oxygens (including phenoxy) is 2. The minimum atomic E-state index is -0.129. The highest BCUT2D eigenvalue weighted by atomic mass is 16.5. The molecule has 0 spiro atoms. The molecule has 0 heterocycles. The monoisotopic (exact) mass is 228 g/mol. The van der Waals surface area contributed by atoms with Crippen molar-refractivity contribution in [2.45, 2.75) is 45.3 Å². The molecule has 0 aromatic heterocycles. The third kappa shape index (κ3) is 7.63. The molecule has 1 atom stereocenters. The smallest absolute Gasteiger partial charge is 0.0974 e. The van der Waals surface area contributed by atoms with Crippen LogP contribution >= 0.6 is 0 Å². The molecule has 1 N–H and O–H groups in total. The van der Waals surface area contributed by atoms with Gasteiger partial charge in [0.2, 0.25) is 0 Å². The molecule has 0 fully saturated rings. The number of hydrogen-bond acceptors (Lipinski definition) is 4. The van der Waals surface area contributed by atoms with Crippen LogP contribution in [0.5, 0.6) is 0 Å². The quantitative estimate of drug-likeness (QED) is 0.610. The van der Waals surface area contributed by atoms with Crippen LogP contribution in [0.25, 0.3) is 0 Å². The van der Waals surface area contributed by atoms with Gasteiger partial charge in [-0.1, -0.05) is 6.92 Å². The lowest BCUT2D eigenvalue weighted by atomic mass is 10.1. The number of methoxy groups -OCH3 is 1. The SMILES string of the molecule is CCNC(C#N)CCOCCC(C)(C)OC. The molecule has 0 radical (unpaired) electrons. The first kappa shape index (κ1) is 15.4. The van der Waals surface area contributed by atoms with Crippen LogP contribution in [-0.2, 0) is 9.47 Å². The van der Waals surface area contributed by atoms with Crippen LogP contribution in [0.2, 0.25) is 0 Å². The summed E-state index contributed by atoms with van der Waals surface area (Å²) in [7, 11) is 1.71. The average Bonchev–Trinajstić information content (AvgIpc) is 2.27. The van der Waals surface area contributed by atoms with Crippen LogP contribution in [-0.4, -0.2) is 38.5 Å². The van der Waals surface area contributed by atoms with Gasteiger partial charge < -0.3 is 14.8 Å². The van der Waals surface area contributed by atoms with Crippen LogP contribution in [0.1, 0.15) is 33.6 Å². The summed E-state index contributed by atoms with van der Waals surface area (Å²) >= 11 is 0. The van der Waals surface area contributed by atoms with E-state index < -0.39 is 0 Å². The van der Waals surface area contributed by atoms with Gasteiger partial charge in [0.25, 0.3) is 0 Å². The summed E-state index contributed by atoms with van der Waals surface area (Å²) < 4.78 is 10.8. The molecule has 94 valence electrons. The lowest BCUT2D eigenvalue weighted by Crippen LogP contribution is -2.29. The lowest BCUT2D eigenvalue weighted by Gasteiger charge is -2.22. The Bertz CT molecular complexity index is 212. The van der Waals surface area contributed by atoms with Crippen molar-refractivity contribution in [3.63, 3.8) is 0 Å². The van der Waals surface area contributed by atoms with Gasteiger partial charge in [-0.2, -0.15) is 5.26 Å². The fourth-order valence-corrected chi connectivity index (χ4v) is 1.18. The average molecular weight is 228 g/mol. The largest absolute Gasteiger partial charge is 0.381 e. The Morgan fingerprint density at radius 3 is 2.56 bits per heavy atom. The van der Waals surface area contributed by atoms with E-state index in [1.54, 1.807) is 7.11 Å². The van der Waals surface area contributed by atoms with Gasteiger partial charge in [-0.25, -0.2) is 0 Å². The third-order valence-corrected chi connectivity index (χ3v) is 2.56. The molecule has 0 aliphatic rings. The fourth-order valence-electron chi connectivity index (χ4n) is 1.18. The van der Waals surface area contributed by atoms with Gasteiger partial charge in [0.05, 0.1) is 17.7 Å². The predicted octanol–water partition coefficient (Wildman–Crippen LogP) is 1.71. The van der Waals surface area contributed by atoms with Gasteiger partial charge in [0.15, 0.2) is 0 Å². The maximum atomic E-state index is 8.79. The van der Waals surface area contributed by atoms with Gasteiger partial charge in [-0.3, -0.25) is 0 Å². The van der Waals surface area contributed by atoms with Crippen LogP contribution in [0, 0.1) is 11.3 Å². The Morgan fingerprint density at radius 2 is 2.06 bits per heavy atom. The molecule has 0 bridgehead atoms. The van der Waals surface area contributed by atoms with Crippen LogP contribution in [0.15, 0.2) is 0 Å². The predicted molar refractivity (Wildman–Crippen MR) is 64.2 cm³/mol. The first-order valence-electron chi connectivity index (χ1n) is 5.81. The molecular formula is C12H24N2O2. The highest BCUT2D eigenvalue weighted by Gasteiger charge is 2.15. The van der Waals surface area contributed by atoms with Crippen molar-refractivity contribution in [1.29, 1.82) is 5.26 Å². The molecule has 0 aromatic carbocycles. The van der Waals surface area contributed by atoms with Gasteiger partial charge in [0, 0.05) is 20.3 Å². The number of nitriles is 1. The van der Waals surface area contributed by atoms with E-state index in [0.29, 0.717) is 13.2 Å². The van der Waals surface area contributed by atoms with Crippen molar-refractivity contribution in [3.05, 3.63) is 0 Å². The Kier molecular flexibility index (Phi) is 8.18. The second-order valence-electron chi connectivity index (χ2n) is 4.35. The van der Waals surface area contributed by atoms with E-state index in [2.05, 4.69) is 11.4 Å². The molecule has 0 aromatic rings. The van der Waals surface area contributed by atoms with E-state index in [-0.39, 0.29) is 11.6 Å². The Balaban J connectivity index is 3.50. The minimum absolute atomic E-state index is 0.0968. The number of hydrogen-bond donors (Lipinski definition) is 1. The maximum Gasteiger partial charge on any atom is 0.0974 e. The Morgan fingerprint density at radius 1 is 1.38 bits per heavy atom. The van der Waals surface area contributed by atoms with Crippen molar-refractivity contribution in [2.24, 2.45) is 0 Å². The number of nitrogens with one attached hydrogen (secondary N) is 1. The van der Waals surface area contributed by atoms with Gasteiger partial charge >= 0.3 is 0 Å². The third-order valence-electron chi connectivity index (χ3n) is 2.56. The zero-order valence-electron chi connectivity index (χ0n) is 10.9. The van der Waals surface area contributed by atoms with Crippen LogP contribution in [0.4, 0.5) is 0 Å². The maximum absolute atomic E-state index is 8.79. The number of nitrogens with zero attached hydrogens (tertiary/aromatic N) is 1. The summed E-state index contributed by atoms with van der Waals surface area (Å²) in [5.41, 5.74) is -0.129. The van der Waals surface area contributed by atoms with Crippen molar-refractivity contribution in [1.82, 2.24) is 5.32 Å². The zero-order valence-corrected chi connectivity index (χ0v) is 10.9. The summed E-state index contributed by atoms with van der Waals surface area (Å²) in [5.74, 6) is 0. The van der Waals surface area contributed by atoms with Gasteiger partial charge in [-0.15, -0.1) is 0 Å². The fraction of sp³-hybridized carbons (Fsp3) is 0.917. The molecule has 4 heteroatoms. The molecule has 4 nitrogen and oxygen atoms in total. The molecule has 16 heavy (non-hydrogen) atoms. The second kappa shape index (κ2) is 8.51. The normalized spacial score (nSPS) is 13.4. The number of rotatable bonds is 9. The van der Waals surface area contributed by atoms with E-state index in [1.165, 1.54) is 0 Å². The highest BCUT2D eigenvalue weighted by molar-refractivity contribution is 4.88. The molecular weight excluding hydrogens is 204 g/mol.